The highest BCUT2D eigenvalue weighted by Crippen LogP contribution is 2.23. The fourth-order valence-corrected chi connectivity index (χ4v) is 2.43. The van der Waals surface area contributed by atoms with Crippen LogP contribution in [0.4, 0.5) is 0 Å². The molecule has 0 unspecified atom stereocenters. The van der Waals surface area contributed by atoms with Gasteiger partial charge in [0.1, 0.15) is 5.75 Å². The molecule has 4 nitrogen and oxygen atoms in total. The van der Waals surface area contributed by atoms with Gasteiger partial charge in [-0.2, -0.15) is 0 Å². The topological polar surface area (TPSA) is 70.4 Å². The molecule has 0 saturated heterocycles. The third-order valence-electron chi connectivity index (χ3n) is 3.58. The number of rotatable bonds is 8. The highest BCUT2D eigenvalue weighted by Gasteiger charge is 2.05. The van der Waals surface area contributed by atoms with Crippen LogP contribution in [0.2, 0.25) is 0 Å². The Morgan fingerprint density at radius 3 is 2.57 bits per heavy atom. The van der Waals surface area contributed by atoms with E-state index in [1.165, 1.54) is 0 Å². The average Bonchev–Trinajstić information content (AvgIpc) is 2.46. The Balaban J connectivity index is 1.78. The third-order valence-corrected chi connectivity index (χ3v) is 3.58. The van der Waals surface area contributed by atoms with E-state index in [4.69, 9.17) is 5.11 Å². The minimum atomic E-state index is -0.722. The zero-order valence-corrected chi connectivity index (χ0v) is 12.1. The molecule has 0 fully saturated rings. The number of aryl methyl sites for hydroxylation is 1. The van der Waals surface area contributed by atoms with Crippen LogP contribution in [0.1, 0.15) is 44.2 Å². The Kier molecular flexibility index (Phi) is 5.55. The van der Waals surface area contributed by atoms with Crippen molar-refractivity contribution in [2.24, 2.45) is 0 Å². The Labute approximate surface area is 124 Å². The highest BCUT2D eigenvalue weighted by molar-refractivity contribution is 5.80. The van der Waals surface area contributed by atoms with E-state index in [2.05, 4.69) is 4.98 Å². The number of para-hydroxylation sites is 1. The molecular weight excluding hydrogens is 266 g/mol. The van der Waals surface area contributed by atoms with Crippen LogP contribution < -0.4 is 0 Å². The first-order valence-corrected chi connectivity index (χ1v) is 7.46. The maximum atomic E-state index is 10.4. The van der Waals surface area contributed by atoms with Crippen LogP contribution in [0, 0.1) is 0 Å². The van der Waals surface area contributed by atoms with Crippen LogP contribution in [-0.2, 0) is 11.2 Å². The van der Waals surface area contributed by atoms with Gasteiger partial charge in [-0.25, -0.2) is 4.98 Å². The minimum Gasteiger partial charge on any atom is -0.506 e. The second kappa shape index (κ2) is 7.62. The van der Waals surface area contributed by atoms with E-state index in [1.54, 1.807) is 6.07 Å². The Morgan fingerprint density at radius 2 is 1.76 bits per heavy atom. The maximum absolute atomic E-state index is 10.4. The van der Waals surface area contributed by atoms with Crippen molar-refractivity contribution >= 4 is 16.9 Å². The lowest BCUT2D eigenvalue weighted by molar-refractivity contribution is -0.137. The summed E-state index contributed by atoms with van der Waals surface area (Å²) < 4.78 is 0. The Morgan fingerprint density at radius 1 is 1.05 bits per heavy atom. The van der Waals surface area contributed by atoms with E-state index in [0.29, 0.717) is 0 Å². The van der Waals surface area contributed by atoms with Gasteiger partial charge in [0, 0.05) is 11.8 Å². The number of carboxylic acids is 1. The van der Waals surface area contributed by atoms with E-state index < -0.39 is 5.97 Å². The zero-order chi connectivity index (χ0) is 15.1. The number of benzene rings is 1. The fourth-order valence-electron chi connectivity index (χ4n) is 2.43. The summed E-state index contributed by atoms with van der Waals surface area (Å²) in [5.74, 6) is -0.458. The lowest BCUT2D eigenvalue weighted by Gasteiger charge is -2.06. The number of hydrogen-bond donors (Lipinski definition) is 2. The van der Waals surface area contributed by atoms with E-state index in [-0.39, 0.29) is 12.2 Å². The van der Waals surface area contributed by atoms with E-state index in [9.17, 15) is 9.90 Å². The van der Waals surface area contributed by atoms with E-state index in [0.717, 1.165) is 55.1 Å². The van der Waals surface area contributed by atoms with Gasteiger partial charge in [-0.3, -0.25) is 4.79 Å². The standard InChI is InChI=1S/C17H21NO3/c19-16-12-13-8-6-7-9-14(13)18-15(16)10-4-2-1-3-5-11-17(20)21/h6-9,12,19H,1-5,10-11H2,(H,20,21). The molecular formula is C17H21NO3. The van der Waals surface area contributed by atoms with E-state index in [1.807, 2.05) is 24.3 Å². The molecule has 1 aromatic heterocycles. The van der Waals surface area contributed by atoms with E-state index >= 15 is 0 Å². The predicted octanol–water partition coefficient (Wildman–Crippen LogP) is 3.91. The monoisotopic (exact) mass is 287 g/mol. The van der Waals surface area contributed by atoms with Crippen LogP contribution in [0.25, 0.3) is 10.9 Å². The molecule has 0 spiro atoms. The Bertz CT molecular complexity index is 610. The second-order valence-electron chi connectivity index (χ2n) is 5.31. The summed E-state index contributed by atoms with van der Waals surface area (Å²) in [6.45, 7) is 0. The van der Waals surface area contributed by atoms with Gasteiger partial charge in [-0.1, -0.05) is 37.5 Å². The molecule has 2 N–H and O–H groups in total. The molecule has 2 rings (SSSR count). The van der Waals surface area contributed by atoms with Gasteiger partial charge >= 0.3 is 5.97 Å². The predicted molar refractivity (Wildman–Crippen MR) is 82.4 cm³/mol. The molecule has 1 heterocycles. The summed E-state index contributed by atoms with van der Waals surface area (Å²) in [4.78, 5) is 14.9. The van der Waals surface area contributed by atoms with Crippen LogP contribution in [0.5, 0.6) is 5.75 Å². The summed E-state index contributed by atoms with van der Waals surface area (Å²) >= 11 is 0. The van der Waals surface area contributed by atoms with Crippen molar-refractivity contribution in [2.75, 3.05) is 0 Å². The van der Waals surface area contributed by atoms with Crippen LogP contribution >= 0.6 is 0 Å². The van der Waals surface area contributed by atoms with Gasteiger partial charge in [0.05, 0.1) is 11.2 Å². The third kappa shape index (κ3) is 4.74. The van der Waals surface area contributed by atoms with Crippen molar-refractivity contribution in [3.8, 4) is 5.75 Å². The van der Waals surface area contributed by atoms with Crippen molar-refractivity contribution < 1.29 is 15.0 Å². The number of unbranched alkanes of at least 4 members (excludes halogenated alkanes) is 4. The molecule has 21 heavy (non-hydrogen) atoms. The normalized spacial score (nSPS) is 10.9. The van der Waals surface area contributed by atoms with Crippen molar-refractivity contribution in [1.29, 1.82) is 0 Å². The molecule has 0 saturated carbocycles. The summed E-state index contributed by atoms with van der Waals surface area (Å²) in [5, 5.41) is 19.5. The smallest absolute Gasteiger partial charge is 0.303 e. The molecule has 2 aromatic rings. The van der Waals surface area contributed by atoms with Crippen LogP contribution in [0.15, 0.2) is 30.3 Å². The van der Waals surface area contributed by atoms with Crippen molar-refractivity contribution in [3.63, 3.8) is 0 Å². The van der Waals surface area contributed by atoms with Crippen LogP contribution in [0.3, 0.4) is 0 Å². The first kappa shape index (κ1) is 15.3. The van der Waals surface area contributed by atoms with Crippen molar-refractivity contribution in [2.45, 2.75) is 44.9 Å². The van der Waals surface area contributed by atoms with Gasteiger partial charge in [0.15, 0.2) is 0 Å². The second-order valence-corrected chi connectivity index (χ2v) is 5.31. The number of carboxylic acid groups (broad SMARTS) is 1. The molecule has 1 aromatic carbocycles. The number of nitrogens with zero attached hydrogens (tertiary/aromatic N) is 1. The lowest BCUT2D eigenvalue weighted by Crippen LogP contribution is -1.94. The maximum Gasteiger partial charge on any atom is 0.303 e. The molecule has 112 valence electrons. The van der Waals surface area contributed by atoms with Crippen molar-refractivity contribution in [3.05, 3.63) is 36.0 Å². The molecule has 0 amide bonds. The minimum absolute atomic E-state index is 0.257. The summed E-state index contributed by atoms with van der Waals surface area (Å²) in [6.07, 6.45) is 5.74. The first-order valence-electron chi connectivity index (χ1n) is 7.46. The number of aliphatic carboxylic acids is 1. The fraction of sp³-hybridized carbons (Fsp3) is 0.412. The number of hydrogen-bond acceptors (Lipinski definition) is 3. The Hall–Kier alpha value is -2.10. The highest BCUT2D eigenvalue weighted by atomic mass is 16.4. The molecule has 0 atom stereocenters. The number of aromatic nitrogens is 1. The average molecular weight is 287 g/mol. The summed E-state index contributed by atoms with van der Waals surface area (Å²) in [7, 11) is 0. The number of fused-ring (bicyclic) bond motifs is 1. The molecule has 0 aliphatic carbocycles. The largest absolute Gasteiger partial charge is 0.506 e. The van der Waals surface area contributed by atoms with Gasteiger partial charge < -0.3 is 10.2 Å². The number of aromatic hydroxyl groups is 1. The number of carbonyl (C=O) groups is 1. The molecule has 0 aliphatic heterocycles. The zero-order valence-electron chi connectivity index (χ0n) is 12.1. The lowest BCUT2D eigenvalue weighted by atomic mass is 10.1. The summed E-state index contributed by atoms with van der Waals surface area (Å²) in [6, 6.07) is 9.53. The molecule has 4 heteroatoms. The molecule has 0 aliphatic rings. The van der Waals surface area contributed by atoms with Gasteiger partial charge in [0.25, 0.3) is 0 Å². The first-order chi connectivity index (χ1) is 10.2. The van der Waals surface area contributed by atoms with Crippen molar-refractivity contribution in [1.82, 2.24) is 4.98 Å². The van der Waals surface area contributed by atoms with Crippen LogP contribution in [-0.4, -0.2) is 21.2 Å². The SMILES string of the molecule is O=C(O)CCCCCCCc1nc2ccccc2cc1O. The van der Waals surface area contributed by atoms with Gasteiger partial charge in [-0.15, -0.1) is 0 Å². The summed E-state index contributed by atoms with van der Waals surface area (Å²) in [5.41, 5.74) is 1.66. The number of pyridine rings is 1. The molecule has 0 radical (unpaired) electrons. The van der Waals surface area contributed by atoms with Gasteiger partial charge in [0.2, 0.25) is 0 Å². The quantitative estimate of drug-likeness (QED) is 0.722. The molecule has 0 bridgehead atoms. The van der Waals surface area contributed by atoms with Gasteiger partial charge in [-0.05, 0) is 31.4 Å².